The number of nitrogens with two attached hydrogens (primary N) is 1. The highest BCUT2D eigenvalue weighted by Gasteiger charge is 2.25. The molecule has 0 bridgehead atoms. The molecule has 0 amide bonds. The van der Waals surface area contributed by atoms with Gasteiger partial charge in [-0.3, -0.25) is 15.2 Å². The first kappa shape index (κ1) is 27.0. The first-order valence-electron chi connectivity index (χ1n) is 12.0. The van der Waals surface area contributed by atoms with E-state index in [2.05, 4.69) is 32.3 Å². The summed E-state index contributed by atoms with van der Waals surface area (Å²) in [7, 11) is 0. The summed E-state index contributed by atoms with van der Waals surface area (Å²) < 4.78 is 12.4. The van der Waals surface area contributed by atoms with Gasteiger partial charge in [-0.05, 0) is 60.0 Å². The predicted molar refractivity (Wildman–Crippen MR) is 142 cm³/mol. The van der Waals surface area contributed by atoms with E-state index in [9.17, 15) is 4.79 Å². The molecule has 0 saturated heterocycles. The SMILES string of the molecule is CC(=O)O.CCc1cc([C@H](Nc2ccc(C(=N)N)cc2)c2nn(-c3ncccn3)c(=O)[nH]2)cc2c1OCOC2. The van der Waals surface area contributed by atoms with Gasteiger partial charge in [-0.25, -0.2) is 14.8 Å². The third kappa shape index (κ3) is 6.45. The number of rotatable bonds is 7. The second-order valence-electron chi connectivity index (χ2n) is 8.50. The Morgan fingerprint density at radius 3 is 2.59 bits per heavy atom. The van der Waals surface area contributed by atoms with Crippen molar-refractivity contribution in [1.82, 2.24) is 24.7 Å². The van der Waals surface area contributed by atoms with Gasteiger partial charge in [0, 0.05) is 36.1 Å². The van der Waals surface area contributed by atoms with Gasteiger partial charge in [-0.1, -0.05) is 6.92 Å². The smallest absolute Gasteiger partial charge is 0.350 e. The van der Waals surface area contributed by atoms with E-state index in [0.29, 0.717) is 18.0 Å². The highest BCUT2D eigenvalue weighted by atomic mass is 16.7. The molecule has 0 spiro atoms. The van der Waals surface area contributed by atoms with Crippen molar-refractivity contribution in [3.05, 3.63) is 93.4 Å². The van der Waals surface area contributed by atoms with Crippen LogP contribution >= 0.6 is 0 Å². The fourth-order valence-corrected chi connectivity index (χ4v) is 3.98. The van der Waals surface area contributed by atoms with Crippen LogP contribution in [0.25, 0.3) is 5.95 Å². The van der Waals surface area contributed by atoms with Crippen molar-refractivity contribution < 1.29 is 19.4 Å². The monoisotopic (exact) mass is 532 g/mol. The number of carboxylic acids is 1. The normalized spacial score (nSPS) is 12.8. The fraction of sp³-hybridized carbons (Fsp3) is 0.231. The van der Waals surface area contributed by atoms with Gasteiger partial charge in [0.05, 0.1) is 6.61 Å². The molecule has 202 valence electrons. The van der Waals surface area contributed by atoms with Crippen LogP contribution in [0.4, 0.5) is 5.69 Å². The largest absolute Gasteiger partial charge is 0.481 e. The topological polar surface area (TPSA) is 194 Å². The van der Waals surface area contributed by atoms with Crippen LogP contribution in [0.1, 0.15) is 48.0 Å². The Bertz CT molecular complexity index is 1490. The molecule has 5 rings (SSSR count). The first-order valence-corrected chi connectivity index (χ1v) is 12.0. The third-order valence-corrected chi connectivity index (χ3v) is 5.68. The number of carbonyl (C=O) groups is 1. The molecule has 0 aliphatic carbocycles. The van der Waals surface area contributed by atoms with Crippen LogP contribution in [0.3, 0.4) is 0 Å². The van der Waals surface area contributed by atoms with Gasteiger partial charge >= 0.3 is 5.69 Å². The van der Waals surface area contributed by atoms with E-state index < -0.39 is 17.7 Å². The molecular weight excluding hydrogens is 504 g/mol. The number of benzene rings is 2. The number of nitrogens with one attached hydrogen (secondary N) is 3. The average Bonchev–Trinajstić information content (AvgIpc) is 3.32. The molecule has 6 N–H and O–H groups in total. The molecule has 13 heteroatoms. The van der Waals surface area contributed by atoms with Crippen LogP contribution in [-0.4, -0.2) is 48.4 Å². The van der Waals surface area contributed by atoms with Crippen molar-refractivity contribution in [1.29, 1.82) is 5.41 Å². The lowest BCUT2D eigenvalue weighted by Gasteiger charge is -2.25. The number of amidine groups is 1. The van der Waals surface area contributed by atoms with Crippen LogP contribution in [-0.2, 0) is 22.6 Å². The van der Waals surface area contributed by atoms with E-state index in [4.69, 9.17) is 30.5 Å². The Hall–Kier alpha value is -5.04. The zero-order valence-electron chi connectivity index (χ0n) is 21.3. The Labute approximate surface area is 223 Å². The molecule has 2 aromatic heterocycles. The molecule has 39 heavy (non-hydrogen) atoms. The Balaban J connectivity index is 0.000000826. The molecule has 13 nitrogen and oxygen atoms in total. The van der Waals surface area contributed by atoms with Crippen LogP contribution in [0.15, 0.2) is 59.7 Å². The quantitative estimate of drug-likeness (QED) is 0.174. The number of aromatic nitrogens is 5. The summed E-state index contributed by atoms with van der Waals surface area (Å²) in [4.78, 5) is 32.9. The second kappa shape index (κ2) is 12.0. The van der Waals surface area contributed by atoms with E-state index in [1.165, 1.54) is 0 Å². The minimum atomic E-state index is -0.833. The lowest BCUT2D eigenvalue weighted by atomic mass is 9.97. The minimum absolute atomic E-state index is 0.0127. The predicted octanol–water partition coefficient (Wildman–Crippen LogP) is 2.36. The number of fused-ring (bicyclic) bond motifs is 1. The van der Waals surface area contributed by atoms with Crippen molar-refractivity contribution in [3.8, 4) is 11.7 Å². The average molecular weight is 533 g/mol. The van der Waals surface area contributed by atoms with E-state index >= 15 is 0 Å². The minimum Gasteiger partial charge on any atom is -0.481 e. The van der Waals surface area contributed by atoms with Crippen molar-refractivity contribution in [2.75, 3.05) is 12.1 Å². The van der Waals surface area contributed by atoms with Crippen LogP contribution < -0.4 is 21.5 Å². The lowest BCUT2D eigenvalue weighted by molar-refractivity contribution is -0.134. The van der Waals surface area contributed by atoms with Gasteiger partial charge in [0.25, 0.3) is 11.9 Å². The Morgan fingerprint density at radius 2 is 1.95 bits per heavy atom. The van der Waals surface area contributed by atoms with Gasteiger partial charge in [0.2, 0.25) is 0 Å². The number of aromatic amines is 1. The number of aliphatic carboxylic acids is 1. The summed E-state index contributed by atoms with van der Waals surface area (Å²) in [5, 5.41) is 23.0. The summed E-state index contributed by atoms with van der Waals surface area (Å²) in [6.45, 7) is 3.79. The molecule has 2 aromatic carbocycles. The fourth-order valence-electron chi connectivity index (χ4n) is 3.98. The van der Waals surface area contributed by atoms with Gasteiger partial charge < -0.3 is 25.6 Å². The zero-order chi connectivity index (χ0) is 27.9. The summed E-state index contributed by atoms with van der Waals surface area (Å²) >= 11 is 0. The van der Waals surface area contributed by atoms with Gasteiger partial charge in [0.15, 0.2) is 12.6 Å². The number of ether oxygens (including phenoxy) is 2. The van der Waals surface area contributed by atoms with Crippen molar-refractivity contribution in [3.63, 3.8) is 0 Å². The molecule has 0 saturated carbocycles. The van der Waals surface area contributed by atoms with E-state index in [1.54, 1.807) is 30.6 Å². The third-order valence-electron chi connectivity index (χ3n) is 5.68. The van der Waals surface area contributed by atoms with Crippen LogP contribution in [0, 0.1) is 5.41 Å². The standard InChI is InChI=1S/C24H24N8O3.C2H4O2/c1-2-14-10-16(11-17-12-34-13-35-20(14)17)19(29-18-6-4-15(5-7-18)21(25)26)22-30-24(33)32(31-22)23-27-8-3-9-28-23;1-2(3)4/h3-11,19,29H,2,12-13H2,1H3,(H3,25,26)(H,30,31,33);1H3,(H,3,4)/t19-;/m0./s1. The van der Waals surface area contributed by atoms with Crippen molar-refractivity contribution >= 4 is 17.5 Å². The number of nitrogens with zero attached hydrogens (tertiary/aromatic N) is 4. The Morgan fingerprint density at radius 1 is 1.26 bits per heavy atom. The van der Waals surface area contributed by atoms with Gasteiger partial charge in [-0.2, -0.15) is 0 Å². The molecule has 0 fully saturated rings. The highest BCUT2D eigenvalue weighted by Crippen LogP contribution is 2.34. The van der Waals surface area contributed by atoms with E-state index in [-0.39, 0.29) is 18.6 Å². The van der Waals surface area contributed by atoms with Crippen LogP contribution in [0.5, 0.6) is 5.75 Å². The number of H-pyrrole nitrogens is 1. The number of hydrogen-bond acceptors (Lipinski definition) is 9. The summed E-state index contributed by atoms with van der Waals surface area (Å²) in [6, 6.07) is 12.3. The summed E-state index contributed by atoms with van der Waals surface area (Å²) in [5.74, 6) is 0.550. The van der Waals surface area contributed by atoms with E-state index in [1.807, 2.05) is 24.3 Å². The number of anilines is 1. The van der Waals surface area contributed by atoms with E-state index in [0.717, 1.165) is 46.2 Å². The number of hydrogen-bond donors (Lipinski definition) is 5. The van der Waals surface area contributed by atoms with Crippen molar-refractivity contribution in [2.45, 2.75) is 32.9 Å². The number of nitrogen functional groups attached to an aromatic ring is 1. The molecule has 0 radical (unpaired) electrons. The van der Waals surface area contributed by atoms with Gasteiger partial charge in [0.1, 0.15) is 17.6 Å². The molecule has 1 aliphatic rings. The maximum absolute atomic E-state index is 12.8. The zero-order valence-corrected chi connectivity index (χ0v) is 21.3. The molecule has 1 aliphatic heterocycles. The molecule has 1 atom stereocenters. The number of carboxylic acid groups (broad SMARTS) is 1. The Kier molecular flexibility index (Phi) is 8.31. The summed E-state index contributed by atoms with van der Waals surface area (Å²) in [5.41, 5.74) is 9.35. The first-order chi connectivity index (χ1) is 18.8. The summed E-state index contributed by atoms with van der Waals surface area (Å²) in [6.07, 6.45) is 3.86. The molecule has 0 unspecified atom stereocenters. The van der Waals surface area contributed by atoms with Gasteiger partial charge in [-0.15, -0.1) is 9.78 Å². The second-order valence-corrected chi connectivity index (χ2v) is 8.50. The highest BCUT2D eigenvalue weighted by molar-refractivity contribution is 5.95. The number of aryl methyl sites for hydroxylation is 1. The molecular formula is C26H28N8O5. The maximum Gasteiger partial charge on any atom is 0.350 e. The lowest BCUT2D eigenvalue weighted by Crippen LogP contribution is -2.18. The maximum atomic E-state index is 12.8. The van der Waals surface area contributed by atoms with Crippen LogP contribution in [0.2, 0.25) is 0 Å². The molecule has 4 aromatic rings. The molecule has 3 heterocycles. The van der Waals surface area contributed by atoms with Crippen molar-refractivity contribution in [2.24, 2.45) is 5.73 Å².